The molecule has 0 spiro atoms. The third kappa shape index (κ3) is 4.36. The van der Waals surface area contributed by atoms with Crippen molar-refractivity contribution in [1.29, 1.82) is 0 Å². The largest absolute Gasteiger partial charge is 0.486 e. The molecule has 2 aliphatic heterocycles. The summed E-state index contributed by atoms with van der Waals surface area (Å²) >= 11 is 0. The topological polar surface area (TPSA) is 67.9 Å². The molecule has 4 rings (SSSR count). The maximum Gasteiger partial charge on any atom is 0.227 e. The molecule has 0 unspecified atom stereocenters. The number of nitrogens with zero attached hydrogens (tertiary/aromatic N) is 1. The van der Waals surface area contributed by atoms with E-state index in [4.69, 9.17) is 9.47 Å². The number of fused-ring (bicyclic) bond motifs is 2. The van der Waals surface area contributed by atoms with Crippen molar-refractivity contribution in [2.75, 3.05) is 25.1 Å². The summed E-state index contributed by atoms with van der Waals surface area (Å²) in [7, 11) is 0. The van der Waals surface area contributed by atoms with Gasteiger partial charge in [0.1, 0.15) is 13.2 Å². The van der Waals surface area contributed by atoms with Crippen LogP contribution in [0.15, 0.2) is 42.5 Å². The Hall–Kier alpha value is -3.02. The van der Waals surface area contributed by atoms with Crippen LogP contribution in [-0.2, 0) is 22.6 Å². The first-order valence-electron chi connectivity index (χ1n) is 10.2. The lowest BCUT2D eigenvalue weighted by molar-refractivity contribution is -0.132. The standard InChI is InChI=1S/C23H26N2O4/c1-2-25(15-16-7-9-20-21(13-16)29-12-11-28-20)22(26)10-8-18-14-17-5-3-4-6-19(17)24-23(18)27/h3-7,9,13,18H,2,8,10-12,14-15H2,1H3,(H,24,27)/t18-/m0/s1. The number of para-hydroxylation sites is 1. The van der Waals surface area contributed by atoms with Gasteiger partial charge in [-0.2, -0.15) is 0 Å². The van der Waals surface area contributed by atoms with Gasteiger partial charge in [-0.25, -0.2) is 0 Å². The summed E-state index contributed by atoms with van der Waals surface area (Å²) in [5.74, 6) is 1.38. The Kier molecular flexibility index (Phi) is 5.69. The molecule has 6 nitrogen and oxygen atoms in total. The van der Waals surface area contributed by atoms with E-state index in [1.807, 2.05) is 54.3 Å². The zero-order valence-corrected chi connectivity index (χ0v) is 16.6. The van der Waals surface area contributed by atoms with E-state index in [-0.39, 0.29) is 17.7 Å². The number of hydrogen-bond donors (Lipinski definition) is 1. The van der Waals surface area contributed by atoms with Crippen LogP contribution in [-0.4, -0.2) is 36.5 Å². The van der Waals surface area contributed by atoms with Crippen molar-refractivity contribution in [2.24, 2.45) is 5.92 Å². The van der Waals surface area contributed by atoms with Crippen molar-refractivity contribution in [3.05, 3.63) is 53.6 Å². The highest BCUT2D eigenvalue weighted by atomic mass is 16.6. The van der Waals surface area contributed by atoms with Crippen LogP contribution in [0.2, 0.25) is 0 Å². The Morgan fingerprint density at radius 1 is 1.14 bits per heavy atom. The second-order valence-electron chi connectivity index (χ2n) is 7.47. The van der Waals surface area contributed by atoms with Gasteiger partial charge in [-0.3, -0.25) is 9.59 Å². The molecule has 0 bridgehead atoms. The summed E-state index contributed by atoms with van der Waals surface area (Å²) in [6.45, 7) is 4.21. The minimum atomic E-state index is -0.165. The van der Waals surface area contributed by atoms with Crippen LogP contribution >= 0.6 is 0 Å². The van der Waals surface area contributed by atoms with E-state index in [1.54, 1.807) is 0 Å². The van der Waals surface area contributed by atoms with Gasteiger partial charge in [0.2, 0.25) is 11.8 Å². The average molecular weight is 394 g/mol. The van der Waals surface area contributed by atoms with Crippen molar-refractivity contribution in [1.82, 2.24) is 4.90 Å². The Morgan fingerprint density at radius 3 is 2.76 bits per heavy atom. The van der Waals surface area contributed by atoms with Gasteiger partial charge in [-0.15, -0.1) is 0 Å². The van der Waals surface area contributed by atoms with Crippen molar-refractivity contribution in [3.63, 3.8) is 0 Å². The number of carbonyl (C=O) groups is 2. The fraction of sp³-hybridized carbons (Fsp3) is 0.391. The Morgan fingerprint density at radius 2 is 1.93 bits per heavy atom. The molecule has 29 heavy (non-hydrogen) atoms. The van der Waals surface area contributed by atoms with E-state index < -0.39 is 0 Å². The molecule has 0 aliphatic carbocycles. The second-order valence-corrected chi connectivity index (χ2v) is 7.47. The first-order chi connectivity index (χ1) is 14.1. The zero-order valence-electron chi connectivity index (χ0n) is 16.6. The van der Waals surface area contributed by atoms with Gasteiger partial charge in [0.25, 0.3) is 0 Å². The maximum atomic E-state index is 12.8. The van der Waals surface area contributed by atoms with Crippen LogP contribution in [0.5, 0.6) is 11.5 Å². The molecule has 2 heterocycles. The van der Waals surface area contributed by atoms with Crippen LogP contribution in [0.4, 0.5) is 5.69 Å². The SMILES string of the molecule is CCN(Cc1ccc2c(c1)OCCO2)C(=O)CC[C@H]1Cc2ccccc2NC1=O. The van der Waals surface area contributed by atoms with Crippen LogP contribution in [0, 0.1) is 5.92 Å². The van der Waals surface area contributed by atoms with Crippen LogP contribution < -0.4 is 14.8 Å². The van der Waals surface area contributed by atoms with E-state index in [1.165, 1.54) is 0 Å². The summed E-state index contributed by atoms with van der Waals surface area (Å²) in [4.78, 5) is 27.0. The van der Waals surface area contributed by atoms with Gasteiger partial charge >= 0.3 is 0 Å². The number of nitrogens with one attached hydrogen (secondary N) is 1. The maximum absolute atomic E-state index is 12.8. The lowest BCUT2D eigenvalue weighted by Crippen LogP contribution is -2.33. The number of carbonyl (C=O) groups excluding carboxylic acids is 2. The van der Waals surface area contributed by atoms with Crippen molar-refractivity contribution in [2.45, 2.75) is 32.7 Å². The van der Waals surface area contributed by atoms with Crippen LogP contribution in [0.3, 0.4) is 0 Å². The minimum absolute atomic E-state index is 0.00591. The summed E-state index contributed by atoms with van der Waals surface area (Å²) in [5, 5.41) is 2.96. The molecule has 2 aromatic rings. The third-order valence-corrected chi connectivity index (χ3v) is 5.53. The molecule has 0 fully saturated rings. The first kappa shape index (κ1) is 19.3. The summed E-state index contributed by atoms with van der Waals surface area (Å²) in [6.07, 6.45) is 1.60. The third-order valence-electron chi connectivity index (χ3n) is 5.53. The van der Waals surface area contributed by atoms with Crippen molar-refractivity contribution < 1.29 is 19.1 Å². The van der Waals surface area contributed by atoms with E-state index in [9.17, 15) is 9.59 Å². The molecule has 0 saturated heterocycles. The van der Waals surface area contributed by atoms with Gasteiger partial charge in [0.05, 0.1) is 0 Å². The normalized spacial score (nSPS) is 17.3. The van der Waals surface area contributed by atoms with Crippen LogP contribution in [0.1, 0.15) is 30.9 Å². The van der Waals surface area contributed by atoms with E-state index >= 15 is 0 Å². The Labute approximate surface area is 170 Å². The minimum Gasteiger partial charge on any atom is -0.486 e. The molecule has 0 aromatic heterocycles. The highest BCUT2D eigenvalue weighted by Crippen LogP contribution is 2.31. The fourth-order valence-electron chi connectivity index (χ4n) is 3.89. The quantitative estimate of drug-likeness (QED) is 0.815. The highest BCUT2D eigenvalue weighted by Gasteiger charge is 2.27. The summed E-state index contributed by atoms with van der Waals surface area (Å²) in [6, 6.07) is 13.6. The van der Waals surface area contributed by atoms with Gasteiger partial charge in [0.15, 0.2) is 11.5 Å². The molecule has 2 amide bonds. The molecule has 0 radical (unpaired) electrons. The molecular formula is C23H26N2O4. The first-order valence-corrected chi connectivity index (χ1v) is 10.2. The predicted molar refractivity (Wildman–Crippen MR) is 110 cm³/mol. The number of anilines is 1. The van der Waals surface area contributed by atoms with E-state index in [2.05, 4.69) is 5.32 Å². The van der Waals surface area contributed by atoms with Gasteiger partial charge in [0, 0.05) is 31.1 Å². The highest BCUT2D eigenvalue weighted by molar-refractivity contribution is 5.96. The lowest BCUT2D eigenvalue weighted by atomic mass is 9.89. The number of ether oxygens (including phenoxy) is 2. The van der Waals surface area contributed by atoms with Gasteiger partial charge in [-0.1, -0.05) is 24.3 Å². The van der Waals surface area contributed by atoms with E-state index in [0.29, 0.717) is 45.6 Å². The van der Waals surface area contributed by atoms with Gasteiger partial charge < -0.3 is 19.7 Å². The van der Waals surface area contributed by atoms with Crippen molar-refractivity contribution >= 4 is 17.5 Å². The monoisotopic (exact) mass is 394 g/mol. The average Bonchev–Trinajstić information content (AvgIpc) is 2.75. The molecule has 1 atom stereocenters. The zero-order chi connectivity index (χ0) is 20.2. The number of benzene rings is 2. The van der Waals surface area contributed by atoms with E-state index in [0.717, 1.165) is 28.3 Å². The summed E-state index contributed by atoms with van der Waals surface area (Å²) < 4.78 is 11.2. The lowest BCUT2D eigenvalue weighted by Gasteiger charge is -2.26. The smallest absolute Gasteiger partial charge is 0.227 e. The molecule has 152 valence electrons. The number of hydrogen-bond acceptors (Lipinski definition) is 4. The number of amides is 2. The molecular weight excluding hydrogens is 368 g/mol. The molecule has 6 heteroatoms. The molecule has 1 N–H and O–H groups in total. The van der Waals surface area contributed by atoms with Crippen LogP contribution in [0.25, 0.3) is 0 Å². The molecule has 2 aliphatic rings. The van der Waals surface area contributed by atoms with Crippen molar-refractivity contribution in [3.8, 4) is 11.5 Å². The predicted octanol–water partition coefficient (Wildman–Crippen LogP) is 3.40. The van der Waals surface area contributed by atoms with Gasteiger partial charge in [-0.05, 0) is 49.1 Å². The Bertz CT molecular complexity index is 912. The Balaban J connectivity index is 1.35. The molecule has 0 saturated carbocycles. The number of rotatable bonds is 6. The second kappa shape index (κ2) is 8.55. The molecule has 2 aromatic carbocycles. The summed E-state index contributed by atoms with van der Waals surface area (Å²) in [5.41, 5.74) is 3.02. The fourth-order valence-corrected chi connectivity index (χ4v) is 3.89.